The SMILES string of the molecule is CN1CCC(Oc2ccccc2CON)CC1. The number of rotatable bonds is 4. The summed E-state index contributed by atoms with van der Waals surface area (Å²) in [5, 5.41) is 0. The van der Waals surface area contributed by atoms with Gasteiger partial charge in [-0.05, 0) is 26.0 Å². The summed E-state index contributed by atoms with van der Waals surface area (Å²) in [5.74, 6) is 6.01. The van der Waals surface area contributed by atoms with E-state index < -0.39 is 0 Å². The molecule has 0 spiro atoms. The molecule has 1 fully saturated rings. The molecule has 17 heavy (non-hydrogen) atoms. The Bertz CT molecular complexity index is 349. The van der Waals surface area contributed by atoms with Crippen molar-refractivity contribution in [1.82, 2.24) is 4.90 Å². The van der Waals surface area contributed by atoms with Crippen molar-refractivity contribution in [3.05, 3.63) is 29.8 Å². The van der Waals surface area contributed by atoms with Gasteiger partial charge in [-0.2, -0.15) is 0 Å². The Morgan fingerprint density at radius 3 is 2.71 bits per heavy atom. The van der Waals surface area contributed by atoms with Crippen LogP contribution in [0.5, 0.6) is 5.75 Å². The number of ether oxygens (including phenoxy) is 1. The van der Waals surface area contributed by atoms with Crippen molar-refractivity contribution in [2.45, 2.75) is 25.6 Å². The first-order valence-corrected chi connectivity index (χ1v) is 6.04. The molecule has 0 aliphatic carbocycles. The molecular formula is C13H20N2O2. The summed E-state index contributed by atoms with van der Waals surface area (Å²) in [6.45, 7) is 2.59. The van der Waals surface area contributed by atoms with Gasteiger partial charge in [0, 0.05) is 18.7 Å². The molecule has 0 saturated carbocycles. The lowest BCUT2D eigenvalue weighted by Crippen LogP contribution is -2.35. The molecule has 0 atom stereocenters. The van der Waals surface area contributed by atoms with Gasteiger partial charge >= 0.3 is 0 Å². The van der Waals surface area contributed by atoms with Crippen molar-refractivity contribution in [3.8, 4) is 5.75 Å². The fourth-order valence-corrected chi connectivity index (χ4v) is 2.11. The number of likely N-dealkylation sites (tertiary alicyclic amines) is 1. The lowest BCUT2D eigenvalue weighted by Gasteiger charge is -2.29. The highest BCUT2D eigenvalue weighted by atomic mass is 16.6. The fraction of sp³-hybridized carbons (Fsp3) is 0.538. The summed E-state index contributed by atoms with van der Waals surface area (Å²) >= 11 is 0. The molecule has 0 amide bonds. The van der Waals surface area contributed by atoms with Crippen LogP contribution < -0.4 is 10.6 Å². The highest BCUT2D eigenvalue weighted by molar-refractivity contribution is 5.32. The second-order valence-corrected chi connectivity index (χ2v) is 4.54. The van der Waals surface area contributed by atoms with Crippen LogP contribution in [0.15, 0.2) is 24.3 Å². The van der Waals surface area contributed by atoms with Gasteiger partial charge in [-0.25, -0.2) is 5.90 Å². The van der Waals surface area contributed by atoms with Crippen molar-refractivity contribution in [2.75, 3.05) is 20.1 Å². The monoisotopic (exact) mass is 236 g/mol. The lowest BCUT2D eigenvalue weighted by atomic mass is 10.1. The summed E-state index contributed by atoms with van der Waals surface area (Å²) in [4.78, 5) is 7.01. The zero-order valence-corrected chi connectivity index (χ0v) is 10.3. The molecule has 1 aromatic carbocycles. The standard InChI is InChI=1S/C13H20N2O2/c1-15-8-6-12(7-9-15)17-13-5-3-2-4-11(13)10-16-14/h2-5,12H,6-10,14H2,1H3. The third-order valence-electron chi connectivity index (χ3n) is 3.17. The van der Waals surface area contributed by atoms with E-state index in [2.05, 4.69) is 16.8 Å². The van der Waals surface area contributed by atoms with Crippen molar-refractivity contribution in [2.24, 2.45) is 5.90 Å². The summed E-state index contributed by atoms with van der Waals surface area (Å²) in [7, 11) is 2.15. The van der Waals surface area contributed by atoms with Crippen molar-refractivity contribution >= 4 is 0 Å². The Morgan fingerprint density at radius 1 is 1.29 bits per heavy atom. The highest BCUT2D eigenvalue weighted by Crippen LogP contribution is 2.23. The summed E-state index contributed by atoms with van der Waals surface area (Å²) in [6.07, 6.45) is 2.47. The molecule has 4 heteroatoms. The molecule has 1 aliphatic heterocycles. The second kappa shape index (κ2) is 6.00. The molecule has 4 nitrogen and oxygen atoms in total. The maximum atomic E-state index is 6.03. The minimum atomic E-state index is 0.310. The number of nitrogens with two attached hydrogens (primary N) is 1. The van der Waals surface area contributed by atoms with E-state index in [1.807, 2.05) is 24.3 Å². The van der Waals surface area contributed by atoms with Gasteiger partial charge in [-0.1, -0.05) is 18.2 Å². The zero-order chi connectivity index (χ0) is 12.1. The molecular weight excluding hydrogens is 216 g/mol. The smallest absolute Gasteiger partial charge is 0.125 e. The Hall–Kier alpha value is -1.10. The van der Waals surface area contributed by atoms with Crippen molar-refractivity contribution < 1.29 is 9.57 Å². The Labute approximate surface area is 102 Å². The maximum Gasteiger partial charge on any atom is 0.125 e. The van der Waals surface area contributed by atoms with Crippen LogP contribution in [0.4, 0.5) is 0 Å². The second-order valence-electron chi connectivity index (χ2n) is 4.54. The van der Waals surface area contributed by atoms with Crippen molar-refractivity contribution in [3.63, 3.8) is 0 Å². The number of para-hydroxylation sites is 1. The van der Waals surface area contributed by atoms with Crippen LogP contribution >= 0.6 is 0 Å². The van der Waals surface area contributed by atoms with Crippen LogP contribution in [0.1, 0.15) is 18.4 Å². The topological polar surface area (TPSA) is 47.7 Å². The quantitative estimate of drug-likeness (QED) is 0.806. The minimum absolute atomic E-state index is 0.310. The van der Waals surface area contributed by atoms with Crippen LogP contribution in [-0.4, -0.2) is 31.1 Å². The van der Waals surface area contributed by atoms with Crippen LogP contribution in [0, 0.1) is 0 Å². The van der Waals surface area contributed by atoms with Gasteiger partial charge in [-0.15, -0.1) is 0 Å². The molecule has 94 valence electrons. The Balaban J connectivity index is 1.98. The van der Waals surface area contributed by atoms with Crippen LogP contribution in [0.3, 0.4) is 0 Å². The maximum absolute atomic E-state index is 6.03. The molecule has 1 saturated heterocycles. The highest BCUT2D eigenvalue weighted by Gasteiger charge is 2.18. The Kier molecular flexibility index (Phi) is 4.36. The molecule has 0 radical (unpaired) electrons. The molecule has 0 aromatic heterocycles. The van der Waals surface area contributed by atoms with E-state index in [4.69, 9.17) is 10.6 Å². The van der Waals surface area contributed by atoms with E-state index in [9.17, 15) is 0 Å². The van der Waals surface area contributed by atoms with E-state index in [1.165, 1.54) is 0 Å². The van der Waals surface area contributed by atoms with Gasteiger partial charge in [0.2, 0.25) is 0 Å². The van der Waals surface area contributed by atoms with Crippen LogP contribution in [0.2, 0.25) is 0 Å². The molecule has 1 aromatic rings. The first-order chi connectivity index (χ1) is 8.29. The largest absolute Gasteiger partial charge is 0.490 e. The molecule has 0 unspecified atom stereocenters. The lowest BCUT2D eigenvalue weighted by molar-refractivity contribution is 0.100. The predicted octanol–water partition coefficient (Wildman–Crippen LogP) is 1.55. The van der Waals surface area contributed by atoms with Gasteiger partial charge in [0.1, 0.15) is 11.9 Å². The molecule has 2 rings (SSSR count). The predicted molar refractivity (Wildman–Crippen MR) is 66.6 cm³/mol. The zero-order valence-electron chi connectivity index (χ0n) is 10.3. The third kappa shape index (κ3) is 3.43. The Morgan fingerprint density at radius 2 is 2.00 bits per heavy atom. The normalized spacial score (nSPS) is 18.2. The summed E-state index contributed by atoms with van der Waals surface area (Å²) in [6, 6.07) is 7.91. The summed E-state index contributed by atoms with van der Waals surface area (Å²) in [5.41, 5.74) is 1.01. The van der Waals surface area contributed by atoms with E-state index in [1.54, 1.807) is 0 Å². The van der Waals surface area contributed by atoms with Crippen LogP contribution in [-0.2, 0) is 11.4 Å². The third-order valence-corrected chi connectivity index (χ3v) is 3.17. The number of hydrogen-bond acceptors (Lipinski definition) is 4. The average Bonchev–Trinajstić information content (AvgIpc) is 2.35. The van der Waals surface area contributed by atoms with Gasteiger partial charge in [0.15, 0.2) is 0 Å². The molecule has 2 N–H and O–H groups in total. The van der Waals surface area contributed by atoms with Gasteiger partial charge in [-0.3, -0.25) is 4.84 Å². The van der Waals surface area contributed by atoms with Gasteiger partial charge in [0.05, 0.1) is 6.61 Å². The number of benzene rings is 1. The average molecular weight is 236 g/mol. The number of nitrogens with zero attached hydrogens (tertiary/aromatic N) is 1. The number of hydrogen-bond donors (Lipinski definition) is 1. The first kappa shape index (κ1) is 12.4. The molecule has 1 aliphatic rings. The van der Waals surface area contributed by atoms with Crippen LogP contribution in [0.25, 0.3) is 0 Å². The summed E-state index contributed by atoms with van der Waals surface area (Å²) < 4.78 is 6.03. The van der Waals surface area contributed by atoms with Crippen molar-refractivity contribution in [1.29, 1.82) is 0 Å². The van der Waals surface area contributed by atoms with Gasteiger partial charge < -0.3 is 9.64 Å². The molecule has 0 bridgehead atoms. The van der Waals surface area contributed by atoms with E-state index in [-0.39, 0.29) is 0 Å². The minimum Gasteiger partial charge on any atom is -0.490 e. The fourth-order valence-electron chi connectivity index (χ4n) is 2.11. The first-order valence-electron chi connectivity index (χ1n) is 6.04. The van der Waals surface area contributed by atoms with Gasteiger partial charge in [0.25, 0.3) is 0 Å². The van der Waals surface area contributed by atoms with E-state index in [0.717, 1.165) is 37.2 Å². The van der Waals surface area contributed by atoms with E-state index >= 15 is 0 Å². The van der Waals surface area contributed by atoms with E-state index in [0.29, 0.717) is 12.7 Å². The number of piperidine rings is 1. The molecule has 1 heterocycles.